The van der Waals surface area contributed by atoms with Gasteiger partial charge in [0.25, 0.3) is 5.91 Å². The van der Waals surface area contributed by atoms with Gasteiger partial charge in [-0.1, -0.05) is 12.1 Å². The zero-order valence-electron chi connectivity index (χ0n) is 15.7. The smallest absolute Gasteiger partial charge is 0.253 e. The van der Waals surface area contributed by atoms with Crippen molar-refractivity contribution in [1.29, 1.82) is 0 Å². The minimum absolute atomic E-state index is 0. The first-order valence-corrected chi connectivity index (χ1v) is 9.72. The summed E-state index contributed by atoms with van der Waals surface area (Å²) in [4.78, 5) is 17.8. The molecule has 1 aromatic rings. The van der Waals surface area contributed by atoms with E-state index in [0.717, 1.165) is 43.0 Å². The minimum Gasteiger partial charge on any atom is -0.356 e. The SMILES string of the molecule is CN=C(NCCCCSC)NCCc1cccc(C(=O)N(C)C)c1.I. The van der Waals surface area contributed by atoms with Crippen molar-refractivity contribution in [2.45, 2.75) is 19.3 Å². The highest BCUT2D eigenvalue weighted by atomic mass is 127. The fourth-order valence-electron chi connectivity index (χ4n) is 2.24. The predicted molar refractivity (Wildman–Crippen MR) is 121 cm³/mol. The summed E-state index contributed by atoms with van der Waals surface area (Å²) in [6, 6.07) is 7.80. The molecular formula is C18H31IN4OS. The van der Waals surface area contributed by atoms with Gasteiger partial charge in [0.2, 0.25) is 0 Å². The summed E-state index contributed by atoms with van der Waals surface area (Å²) < 4.78 is 0. The van der Waals surface area contributed by atoms with E-state index in [9.17, 15) is 4.79 Å². The molecule has 0 radical (unpaired) electrons. The monoisotopic (exact) mass is 478 g/mol. The van der Waals surface area contributed by atoms with Crippen LogP contribution in [0.25, 0.3) is 0 Å². The van der Waals surface area contributed by atoms with E-state index in [1.54, 1.807) is 26.0 Å². The van der Waals surface area contributed by atoms with Gasteiger partial charge in [-0.25, -0.2) is 0 Å². The summed E-state index contributed by atoms with van der Waals surface area (Å²) in [6.45, 7) is 1.72. The average Bonchev–Trinajstić information content (AvgIpc) is 2.59. The maximum atomic E-state index is 12.0. The van der Waals surface area contributed by atoms with Crippen LogP contribution in [-0.2, 0) is 6.42 Å². The predicted octanol–water partition coefficient (Wildman–Crippen LogP) is 2.86. The summed E-state index contributed by atoms with van der Waals surface area (Å²) in [7, 11) is 5.32. The second-order valence-electron chi connectivity index (χ2n) is 5.78. The fourth-order valence-corrected chi connectivity index (χ4v) is 2.73. The minimum atomic E-state index is 0. The lowest BCUT2D eigenvalue weighted by molar-refractivity contribution is 0.0827. The van der Waals surface area contributed by atoms with Crippen LogP contribution in [-0.4, -0.2) is 63.0 Å². The average molecular weight is 478 g/mol. The molecule has 0 saturated carbocycles. The number of unbranched alkanes of at least 4 members (excludes halogenated alkanes) is 1. The molecule has 25 heavy (non-hydrogen) atoms. The zero-order valence-corrected chi connectivity index (χ0v) is 18.8. The molecule has 0 spiro atoms. The Hall–Kier alpha value is -0.960. The third-order valence-electron chi connectivity index (χ3n) is 3.58. The number of nitrogens with zero attached hydrogens (tertiary/aromatic N) is 2. The molecule has 2 N–H and O–H groups in total. The lowest BCUT2D eigenvalue weighted by Crippen LogP contribution is -2.38. The Morgan fingerprint density at radius 3 is 2.56 bits per heavy atom. The van der Waals surface area contributed by atoms with E-state index in [0.29, 0.717) is 0 Å². The van der Waals surface area contributed by atoms with Crippen LogP contribution in [0.3, 0.4) is 0 Å². The van der Waals surface area contributed by atoms with Gasteiger partial charge in [0.1, 0.15) is 0 Å². The first-order chi connectivity index (χ1) is 11.6. The van der Waals surface area contributed by atoms with Crippen molar-refractivity contribution in [2.24, 2.45) is 4.99 Å². The molecule has 1 amide bonds. The number of benzene rings is 1. The van der Waals surface area contributed by atoms with Crippen LogP contribution in [0, 0.1) is 0 Å². The van der Waals surface area contributed by atoms with Gasteiger partial charge in [-0.3, -0.25) is 9.79 Å². The third kappa shape index (κ3) is 9.94. The third-order valence-corrected chi connectivity index (χ3v) is 4.27. The highest BCUT2D eigenvalue weighted by Crippen LogP contribution is 2.07. The van der Waals surface area contributed by atoms with Crippen molar-refractivity contribution < 1.29 is 4.79 Å². The molecule has 0 saturated heterocycles. The van der Waals surface area contributed by atoms with Gasteiger partial charge in [-0.05, 0) is 49.0 Å². The Bertz CT molecular complexity index is 538. The van der Waals surface area contributed by atoms with E-state index >= 15 is 0 Å². The molecule has 5 nitrogen and oxygen atoms in total. The number of carbonyl (C=O) groups excluding carboxylic acids is 1. The molecule has 0 aliphatic carbocycles. The fraction of sp³-hybridized carbons (Fsp3) is 0.556. The number of halogens is 1. The van der Waals surface area contributed by atoms with E-state index in [1.807, 2.05) is 36.0 Å². The first kappa shape index (κ1) is 24.0. The maximum Gasteiger partial charge on any atom is 0.253 e. The van der Waals surface area contributed by atoms with Crippen LogP contribution in [0.15, 0.2) is 29.3 Å². The number of rotatable bonds is 9. The summed E-state index contributed by atoms with van der Waals surface area (Å²) in [5.41, 5.74) is 1.87. The highest BCUT2D eigenvalue weighted by molar-refractivity contribution is 14.0. The van der Waals surface area contributed by atoms with Crippen LogP contribution in [0.4, 0.5) is 0 Å². The standard InChI is InChI=1S/C18H30N4OS.HI/c1-19-18(20-11-5-6-13-24-4)21-12-10-15-8-7-9-16(14-15)17(23)22(2)3;/h7-9,14H,5-6,10-13H2,1-4H3,(H2,19,20,21);1H. The second kappa shape index (κ2) is 14.2. The van der Waals surface area contributed by atoms with Gasteiger partial charge in [-0.15, -0.1) is 24.0 Å². The van der Waals surface area contributed by atoms with Crippen molar-refractivity contribution in [3.8, 4) is 0 Å². The molecule has 0 unspecified atom stereocenters. The summed E-state index contributed by atoms with van der Waals surface area (Å²) in [6.07, 6.45) is 5.35. The summed E-state index contributed by atoms with van der Waals surface area (Å²) >= 11 is 1.88. The molecule has 0 aliphatic rings. The second-order valence-corrected chi connectivity index (χ2v) is 6.76. The Balaban J connectivity index is 0.00000576. The maximum absolute atomic E-state index is 12.0. The van der Waals surface area contributed by atoms with E-state index in [1.165, 1.54) is 12.2 Å². The highest BCUT2D eigenvalue weighted by Gasteiger charge is 2.08. The molecule has 0 aliphatic heterocycles. The number of thioether (sulfide) groups is 1. The molecule has 0 fully saturated rings. The molecule has 142 valence electrons. The van der Waals surface area contributed by atoms with Gasteiger partial charge < -0.3 is 15.5 Å². The van der Waals surface area contributed by atoms with Crippen LogP contribution in [0.5, 0.6) is 0 Å². The van der Waals surface area contributed by atoms with Crippen LogP contribution in [0.2, 0.25) is 0 Å². The van der Waals surface area contributed by atoms with Crippen molar-refractivity contribution in [1.82, 2.24) is 15.5 Å². The van der Waals surface area contributed by atoms with Gasteiger partial charge in [-0.2, -0.15) is 11.8 Å². The molecule has 0 atom stereocenters. The molecule has 7 heteroatoms. The number of carbonyl (C=O) groups is 1. The van der Waals surface area contributed by atoms with Crippen LogP contribution < -0.4 is 10.6 Å². The van der Waals surface area contributed by atoms with Crippen LogP contribution in [0.1, 0.15) is 28.8 Å². The number of amides is 1. The molecule has 0 aromatic heterocycles. The van der Waals surface area contributed by atoms with Crippen molar-refractivity contribution in [3.05, 3.63) is 35.4 Å². The van der Waals surface area contributed by atoms with E-state index in [4.69, 9.17) is 0 Å². The number of aliphatic imine (C=N–C) groups is 1. The van der Waals surface area contributed by atoms with E-state index in [-0.39, 0.29) is 29.9 Å². The molecule has 0 bridgehead atoms. The Labute approximate surface area is 173 Å². The van der Waals surface area contributed by atoms with Crippen LogP contribution >= 0.6 is 35.7 Å². The molecule has 0 heterocycles. The Kier molecular flexibility index (Phi) is 13.7. The van der Waals surface area contributed by atoms with Gasteiger partial charge in [0.15, 0.2) is 5.96 Å². The van der Waals surface area contributed by atoms with Gasteiger partial charge in [0, 0.05) is 39.8 Å². The van der Waals surface area contributed by atoms with Gasteiger partial charge >= 0.3 is 0 Å². The Morgan fingerprint density at radius 2 is 1.92 bits per heavy atom. The molecule has 1 rings (SSSR count). The van der Waals surface area contributed by atoms with Crippen molar-refractivity contribution in [3.63, 3.8) is 0 Å². The number of guanidine groups is 1. The number of nitrogens with one attached hydrogen (secondary N) is 2. The molecule has 1 aromatic carbocycles. The van der Waals surface area contributed by atoms with Crippen molar-refractivity contribution in [2.75, 3.05) is 46.2 Å². The lowest BCUT2D eigenvalue weighted by atomic mass is 10.1. The molecular weight excluding hydrogens is 447 g/mol. The quantitative estimate of drug-likeness (QED) is 0.248. The lowest BCUT2D eigenvalue weighted by Gasteiger charge is -2.13. The Morgan fingerprint density at radius 1 is 1.20 bits per heavy atom. The number of hydrogen-bond acceptors (Lipinski definition) is 3. The normalized spacial score (nSPS) is 10.8. The topological polar surface area (TPSA) is 56.7 Å². The van der Waals surface area contributed by atoms with Gasteiger partial charge in [0.05, 0.1) is 0 Å². The van der Waals surface area contributed by atoms with Crippen molar-refractivity contribution >= 4 is 47.6 Å². The summed E-state index contributed by atoms with van der Waals surface area (Å²) in [5, 5.41) is 6.65. The zero-order chi connectivity index (χ0) is 17.8. The summed E-state index contributed by atoms with van der Waals surface area (Å²) in [5.74, 6) is 2.07. The largest absolute Gasteiger partial charge is 0.356 e. The number of hydrogen-bond donors (Lipinski definition) is 2. The van der Waals surface area contributed by atoms with E-state index in [2.05, 4.69) is 21.9 Å². The van der Waals surface area contributed by atoms with E-state index < -0.39 is 0 Å². The first-order valence-electron chi connectivity index (χ1n) is 8.32.